The van der Waals surface area contributed by atoms with Crippen molar-refractivity contribution < 1.29 is 33.4 Å². The summed E-state index contributed by atoms with van der Waals surface area (Å²) in [4.78, 5) is 27.9. The number of Topliss-reactive ketones (excluding diaryl/α,β-unsaturated/α-hetero) is 1. The number of ether oxygens (including phenoxy) is 3. The lowest BCUT2D eigenvalue weighted by Crippen LogP contribution is -2.29. The van der Waals surface area contributed by atoms with Crippen LogP contribution in [0, 0.1) is 6.92 Å². The van der Waals surface area contributed by atoms with E-state index in [1.54, 1.807) is 55.5 Å². The van der Waals surface area contributed by atoms with Crippen LogP contribution in [0.1, 0.15) is 56.0 Å². The van der Waals surface area contributed by atoms with E-state index in [4.69, 9.17) is 18.7 Å². The number of aliphatic hydroxyl groups is 1. The lowest BCUT2D eigenvalue weighted by atomic mass is 9.95. The maximum absolute atomic E-state index is 13.4. The third-order valence-corrected chi connectivity index (χ3v) is 6.17. The van der Waals surface area contributed by atoms with E-state index in [0.29, 0.717) is 47.3 Å². The van der Waals surface area contributed by atoms with Gasteiger partial charge in [-0.3, -0.25) is 14.5 Å². The van der Waals surface area contributed by atoms with Crippen molar-refractivity contribution in [2.75, 3.05) is 25.2 Å². The molecule has 1 N–H and O–H groups in total. The number of aliphatic hydroxyl groups excluding tert-OH is 1. The summed E-state index contributed by atoms with van der Waals surface area (Å²) in [6.45, 7) is 6.86. The number of amides is 1. The molecule has 0 saturated carbocycles. The first kappa shape index (κ1) is 26.8. The van der Waals surface area contributed by atoms with Gasteiger partial charge in [-0.25, -0.2) is 0 Å². The van der Waals surface area contributed by atoms with Crippen LogP contribution in [0.15, 0.2) is 58.6 Å². The zero-order valence-electron chi connectivity index (χ0n) is 22.0. The summed E-state index contributed by atoms with van der Waals surface area (Å²) in [7, 11) is 1.52. The van der Waals surface area contributed by atoms with Crippen LogP contribution in [0.2, 0.25) is 0 Å². The molecule has 2 heterocycles. The Balaban J connectivity index is 1.82. The lowest BCUT2D eigenvalue weighted by molar-refractivity contribution is -0.132. The van der Waals surface area contributed by atoms with E-state index in [1.807, 2.05) is 6.92 Å². The summed E-state index contributed by atoms with van der Waals surface area (Å²) >= 11 is 0. The van der Waals surface area contributed by atoms with Crippen molar-refractivity contribution in [1.29, 1.82) is 0 Å². The molecule has 2 aromatic carbocycles. The molecule has 1 aromatic heterocycles. The first-order valence-electron chi connectivity index (χ1n) is 12.7. The van der Waals surface area contributed by atoms with Gasteiger partial charge >= 0.3 is 5.91 Å². The molecule has 200 valence electrons. The quantitative estimate of drug-likeness (QED) is 0.151. The molecule has 3 aromatic rings. The van der Waals surface area contributed by atoms with Crippen LogP contribution in [0.25, 0.3) is 5.76 Å². The molecule has 9 nitrogen and oxygen atoms in total. The second-order valence-electron chi connectivity index (χ2n) is 8.95. The predicted molar refractivity (Wildman–Crippen MR) is 142 cm³/mol. The molecule has 0 radical (unpaired) electrons. The molecule has 1 aliphatic rings. The summed E-state index contributed by atoms with van der Waals surface area (Å²) in [5.41, 5.74) is 0.841. The summed E-state index contributed by atoms with van der Waals surface area (Å²) < 4.78 is 22.2. The Bertz CT molecular complexity index is 1330. The van der Waals surface area contributed by atoms with E-state index in [0.717, 1.165) is 19.3 Å². The van der Waals surface area contributed by atoms with Gasteiger partial charge in [0.1, 0.15) is 17.3 Å². The first-order chi connectivity index (χ1) is 18.4. The number of carbonyl (C=O) groups is 2. The third-order valence-electron chi connectivity index (χ3n) is 6.17. The molecule has 1 saturated heterocycles. The van der Waals surface area contributed by atoms with Crippen molar-refractivity contribution in [2.45, 2.75) is 46.1 Å². The number of unbranched alkanes of at least 4 members (excludes halogenated alkanes) is 1. The van der Waals surface area contributed by atoms with Gasteiger partial charge in [0.15, 0.2) is 17.3 Å². The molecular formula is C29H32N2O7. The Morgan fingerprint density at radius 1 is 1.00 bits per heavy atom. The highest BCUT2D eigenvalue weighted by molar-refractivity contribution is 6.51. The number of carbonyl (C=O) groups excluding carboxylic acids is 2. The third kappa shape index (κ3) is 5.37. The van der Waals surface area contributed by atoms with Crippen LogP contribution in [-0.2, 0) is 9.59 Å². The molecule has 1 aliphatic heterocycles. The highest BCUT2D eigenvalue weighted by Gasteiger charge is 2.48. The Labute approximate surface area is 221 Å². The van der Waals surface area contributed by atoms with E-state index in [2.05, 4.69) is 12.1 Å². The minimum Gasteiger partial charge on any atom is -0.507 e. The van der Waals surface area contributed by atoms with Gasteiger partial charge in [0, 0.05) is 11.6 Å². The van der Waals surface area contributed by atoms with Crippen LogP contribution in [0.5, 0.6) is 17.2 Å². The zero-order valence-corrected chi connectivity index (χ0v) is 22.0. The van der Waals surface area contributed by atoms with Crippen LogP contribution in [0.4, 0.5) is 5.82 Å². The summed E-state index contributed by atoms with van der Waals surface area (Å²) in [6, 6.07) is 12.5. The van der Waals surface area contributed by atoms with Crippen molar-refractivity contribution in [3.8, 4) is 17.2 Å². The average molecular weight is 521 g/mol. The molecule has 0 unspecified atom stereocenters. The smallest absolute Gasteiger partial charge is 0.301 e. The average Bonchev–Trinajstić information content (AvgIpc) is 3.47. The number of hydrogen-bond acceptors (Lipinski definition) is 8. The zero-order chi connectivity index (χ0) is 27.2. The van der Waals surface area contributed by atoms with Crippen LogP contribution < -0.4 is 19.1 Å². The standard InChI is InChI=1S/C29H32N2O7/c1-5-7-15-37-22-13-10-20(17-23(22)35-4)26-25(27(32)19-8-11-21(12-9-19)36-14-6-2)28(33)29(34)31(26)24-16-18(3)38-30-24/h8-13,16-17,26,32H,5-7,14-15H2,1-4H3/b27-25+/t26-/m0/s1. The first-order valence-corrected chi connectivity index (χ1v) is 12.7. The SMILES string of the molecule is CCCCOc1ccc([C@H]2/C(=C(\O)c3ccc(OCCC)cc3)C(=O)C(=O)N2c2cc(C)on2)cc1OC. The highest BCUT2D eigenvalue weighted by atomic mass is 16.5. The van der Waals surface area contributed by atoms with Crippen LogP contribution in [0.3, 0.4) is 0 Å². The Morgan fingerprint density at radius 2 is 1.76 bits per heavy atom. The van der Waals surface area contributed by atoms with Crippen molar-refractivity contribution in [1.82, 2.24) is 5.16 Å². The summed E-state index contributed by atoms with van der Waals surface area (Å²) in [6.07, 6.45) is 2.73. The van der Waals surface area contributed by atoms with Crippen molar-refractivity contribution in [3.63, 3.8) is 0 Å². The van der Waals surface area contributed by atoms with Gasteiger partial charge in [-0.05, 0) is 61.7 Å². The van der Waals surface area contributed by atoms with Crippen molar-refractivity contribution in [2.24, 2.45) is 0 Å². The fourth-order valence-electron chi connectivity index (χ4n) is 4.24. The second-order valence-corrected chi connectivity index (χ2v) is 8.95. The summed E-state index contributed by atoms with van der Waals surface area (Å²) in [5, 5.41) is 15.3. The molecule has 9 heteroatoms. The van der Waals surface area contributed by atoms with Gasteiger partial charge in [0.05, 0.1) is 31.9 Å². The van der Waals surface area contributed by atoms with Gasteiger partial charge in [0.2, 0.25) is 0 Å². The minimum absolute atomic E-state index is 0.0698. The number of aryl methyl sites for hydroxylation is 1. The van der Waals surface area contributed by atoms with Gasteiger partial charge in [-0.15, -0.1) is 0 Å². The number of nitrogens with zero attached hydrogens (tertiary/aromatic N) is 2. The van der Waals surface area contributed by atoms with Crippen LogP contribution >= 0.6 is 0 Å². The Kier molecular flexibility index (Phi) is 8.35. The molecule has 0 aliphatic carbocycles. The highest BCUT2D eigenvalue weighted by Crippen LogP contribution is 2.44. The molecular weight excluding hydrogens is 488 g/mol. The maximum atomic E-state index is 13.4. The number of methoxy groups -OCH3 is 1. The van der Waals surface area contributed by atoms with Gasteiger partial charge in [0.25, 0.3) is 5.78 Å². The van der Waals surface area contributed by atoms with Gasteiger partial charge < -0.3 is 23.8 Å². The number of rotatable bonds is 11. The fourth-order valence-corrected chi connectivity index (χ4v) is 4.24. The lowest BCUT2D eigenvalue weighted by Gasteiger charge is -2.24. The van der Waals surface area contributed by atoms with Crippen LogP contribution in [-0.4, -0.2) is 42.3 Å². The fraction of sp³-hybridized carbons (Fsp3) is 0.345. The number of benzene rings is 2. The monoisotopic (exact) mass is 520 g/mol. The van der Waals surface area contributed by atoms with Gasteiger partial charge in [-0.2, -0.15) is 0 Å². The molecule has 4 rings (SSSR count). The normalized spacial score (nSPS) is 16.6. The van der Waals surface area contributed by atoms with E-state index in [-0.39, 0.29) is 17.2 Å². The van der Waals surface area contributed by atoms with Crippen molar-refractivity contribution >= 4 is 23.3 Å². The number of aromatic nitrogens is 1. The molecule has 1 amide bonds. The minimum atomic E-state index is -0.978. The molecule has 38 heavy (non-hydrogen) atoms. The van der Waals surface area contributed by atoms with Crippen molar-refractivity contribution in [3.05, 3.63) is 71.0 Å². The molecule has 1 atom stereocenters. The molecule has 0 spiro atoms. The second kappa shape index (κ2) is 11.9. The summed E-state index contributed by atoms with van der Waals surface area (Å²) in [5.74, 6) is 0.304. The maximum Gasteiger partial charge on any atom is 0.301 e. The number of anilines is 1. The van der Waals surface area contributed by atoms with E-state index in [1.165, 1.54) is 12.0 Å². The topological polar surface area (TPSA) is 111 Å². The largest absolute Gasteiger partial charge is 0.507 e. The number of ketones is 1. The molecule has 1 fully saturated rings. The number of hydrogen-bond donors (Lipinski definition) is 1. The van der Waals surface area contributed by atoms with E-state index < -0.39 is 17.7 Å². The van der Waals surface area contributed by atoms with Gasteiger partial charge in [-0.1, -0.05) is 31.5 Å². The Morgan fingerprint density at radius 3 is 2.39 bits per heavy atom. The van der Waals surface area contributed by atoms with E-state index in [9.17, 15) is 14.7 Å². The predicted octanol–water partition coefficient (Wildman–Crippen LogP) is 5.59. The molecule has 0 bridgehead atoms. The Hall–Kier alpha value is -4.27. The van der Waals surface area contributed by atoms with E-state index >= 15 is 0 Å².